The first-order valence-electron chi connectivity index (χ1n) is 12.6. The van der Waals surface area contributed by atoms with Crippen molar-refractivity contribution in [2.24, 2.45) is 0 Å². The van der Waals surface area contributed by atoms with Gasteiger partial charge in [0.1, 0.15) is 66.2 Å². The van der Waals surface area contributed by atoms with E-state index in [0.717, 1.165) is 6.07 Å². The fourth-order valence-electron chi connectivity index (χ4n) is 4.52. The summed E-state index contributed by atoms with van der Waals surface area (Å²) in [6, 6.07) is 6.37. The Morgan fingerprint density at radius 3 is 2.50 bits per heavy atom. The number of aromatic nitrogens is 1. The molecule has 0 spiro atoms. The van der Waals surface area contributed by atoms with E-state index >= 15 is 0 Å². The Morgan fingerprint density at radius 1 is 1.12 bits per heavy atom. The molecule has 2 saturated heterocycles. The highest BCUT2D eigenvalue weighted by atomic mass is 35.5. The van der Waals surface area contributed by atoms with Crippen LogP contribution in [0.4, 0.5) is 5.69 Å². The second-order valence-corrected chi connectivity index (χ2v) is 10.1. The number of carbonyl (C=O) groups is 1. The van der Waals surface area contributed by atoms with E-state index in [-0.39, 0.29) is 16.3 Å². The normalized spacial score (nSPS) is 34.9. The molecule has 230 valence electrons. The number of esters is 1. The number of rotatable bonds is 9. The molecule has 17 heteroatoms. The van der Waals surface area contributed by atoms with Gasteiger partial charge in [0.25, 0.3) is 5.69 Å². The third-order valence-corrected chi connectivity index (χ3v) is 7.12. The molecule has 0 aliphatic carbocycles. The highest BCUT2D eigenvalue weighted by Gasteiger charge is 2.56. The Balaban J connectivity index is 1.47. The van der Waals surface area contributed by atoms with E-state index in [1.807, 2.05) is 0 Å². The molecule has 0 amide bonds. The third kappa shape index (κ3) is 6.63. The van der Waals surface area contributed by atoms with Crippen LogP contribution in [0, 0.1) is 10.1 Å². The molecular formula is C25H29ClN2O14. The van der Waals surface area contributed by atoms with Gasteiger partial charge in [-0.25, -0.2) is 4.79 Å². The molecule has 0 radical (unpaired) electrons. The lowest BCUT2D eigenvalue weighted by atomic mass is 9.92. The molecule has 4 rings (SSSR count). The molecule has 0 bridgehead atoms. The van der Waals surface area contributed by atoms with E-state index in [9.17, 15) is 45.5 Å². The smallest absolute Gasteiger partial charge is 0.339 e. The van der Waals surface area contributed by atoms with Gasteiger partial charge in [-0.3, -0.25) is 15.1 Å². The van der Waals surface area contributed by atoms with Gasteiger partial charge < -0.3 is 54.3 Å². The summed E-state index contributed by atoms with van der Waals surface area (Å²) < 4.78 is 27.6. The number of hydrogen-bond donors (Lipinski definition) is 6. The average Bonchev–Trinajstić information content (AvgIpc) is 2.97. The van der Waals surface area contributed by atoms with Crippen LogP contribution in [0.2, 0.25) is 5.02 Å². The molecule has 6 N–H and O–H groups in total. The SMILES string of the molecule is C[C@@]1(Oc2ccc(Cl)c([N+](=O)[O-])c2)O[C@H](CO)[C@@H](O[C@H]2O[C@H](COC(=O)c3cccnc3)[C@@H](O)[C@H](O)[C@H]2O)[C@H](O)[C@H]1O. The molecule has 16 nitrogen and oxygen atoms in total. The number of nitrogens with zero attached hydrogens (tertiary/aromatic N) is 2. The molecule has 1 aromatic carbocycles. The third-order valence-electron chi connectivity index (χ3n) is 6.80. The Bertz CT molecular complexity index is 1250. The van der Waals surface area contributed by atoms with Gasteiger partial charge in [0.2, 0.25) is 5.79 Å². The number of carbonyl (C=O) groups excluding carboxylic acids is 1. The van der Waals surface area contributed by atoms with Crippen LogP contribution in [0.15, 0.2) is 42.7 Å². The molecule has 2 aliphatic rings. The number of hydrogen-bond acceptors (Lipinski definition) is 15. The topological polar surface area (TPSA) is 241 Å². The van der Waals surface area contributed by atoms with Crippen molar-refractivity contribution < 1.29 is 64.0 Å². The van der Waals surface area contributed by atoms with Gasteiger partial charge in [-0.15, -0.1) is 0 Å². The van der Waals surface area contributed by atoms with Gasteiger partial charge in [-0.1, -0.05) is 11.6 Å². The standard InChI is InChI=1S/C25H29ClN2O14/c1-25(41-12-4-5-13(26)14(7-12)28(36)37)22(34)20(33)21(15(9-29)42-25)40-24-19(32)18(31)17(30)16(39-24)10-38-23(35)11-3-2-6-27-8-11/h2-8,15-22,24,29-34H,9-10H2,1H3/t15-,16-,17-,18+,19-,20+,21-,22-,24-,25-/m1/s1. The molecule has 2 aliphatic heterocycles. The number of halogens is 1. The highest BCUT2D eigenvalue weighted by Crippen LogP contribution is 2.37. The summed E-state index contributed by atoms with van der Waals surface area (Å²) in [5, 5.41) is 74.1. The van der Waals surface area contributed by atoms with Crippen molar-refractivity contribution in [1.29, 1.82) is 0 Å². The number of nitro groups is 1. The van der Waals surface area contributed by atoms with Crippen molar-refractivity contribution in [1.82, 2.24) is 4.98 Å². The number of aliphatic hydroxyl groups is 6. The van der Waals surface area contributed by atoms with Crippen LogP contribution in [-0.4, -0.2) is 121 Å². The molecule has 0 unspecified atom stereocenters. The molecule has 10 atom stereocenters. The quantitative estimate of drug-likeness (QED) is 0.111. The van der Waals surface area contributed by atoms with E-state index in [4.69, 9.17) is 35.3 Å². The van der Waals surface area contributed by atoms with Crippen molar-refractivity contribution >= 4 is 23.3 Å². The summed E-state index contributed by atoms with van der Waals surface area (Å²) in [6.45, 7) is -0.180. The van der Waals surface area contributed by atoms with Crippen molar-refractivity contribution in [3.05, 3.63) is 63.4 Å². The Kier molecular flexibility index (Phi) is 9.94. The number of aliphatic hydroxyl groups excluding tert-OH is 6. The van der Waals surface area contributed by atoms with Gasteiger partial charge in [-0.05, 0) is 24.3 Å². The Morgan fingerprint density at radius 2 is 1.86 bits per heavy atom. The van der Waals surface area contributed by atoms with Crippen LogP contribution in [0.3, 0.4) is 0 Å². The van der Waals surface area contributed by atoms with Gasteiger partial charge in [-0.2, -0.15) is 0 Å². The minimum atomic E-state index is -2.07. The van der Waals surface area contributed by atoms with Crippen LogP contribution >= 0.6 is 11.6 Å². The lowest BCUT2D eigenvalue weighted by Crippen LogP contribution is -2.68. The maximum absolute atomic E-state index is 12.3. The Labute approximate surface area is 242 Å². The van der Waals surface area contributed by atoms with Crippen molar-refractivity contribution in [2.75, 3.05) is 13.2 Å². The zero-order valence-corrected chi connectivity index (χ0v) is 22.6. The van der Waals surface area contributed by atoms with Gasteiger partial charge in [0, 0.05) is 19.3 Å². The molecule has 3 heterocycles. The highest BCUT2D eigenvalue weighted by molar-refractivity contribution is 6.32. The first-order chi connectivity index (χ1) is 19.9. The van der Waals surface area contributed by atoms with Crippen molar-refractivity contribution in [3.8, 4) is 5.75 Å². The first-order valence-corrected chi connectivity index (χ1v) is 12.9. The zero-order valence-electron chi connectivity index (χ0n) is 21.9. The summed E-state index contributed by atoms with van der Waals surface area (Å²) in [7, 11) is 0. The van der Waals surface area contributed by atoms with Gasteiger partial charge in [0.15, 0.2) is 6.29 Å². The number of pyridine rings is 1. The van der Waals surface area contributed by atoms with Gasteiger partial charge in [0.05, 0.1) is 23.2 Å². The van der Waals surface area contributed by atoms with E-state index in [0.29, 0.717) is 0 Å². The Hall–Kier alpha value is -3.03. The number of benzene rings is 1. The molecule has 1 aromatic heterocycles. The van der Waals surface area contributed by atoms with E-state index < -0.39 is 90.7 Å². The van der Waals surface area contributed by atoms with E-state index in [1.165, 1.54) is 43.6 Å². The zero-order chi connectivity index (χ0) is 30.8. The minimum Gasteiger partial charge on any atom is -0.459 e. The summed E-state index contributed by atoms with van der Waals surface area (Å²) >= 11 is 5.82. The predicted molar refractivity (Wildman–Crippen MR) is 137 cm³/mol. The number of ether oxygens (including phenoxy) is 5. The summed E-state index contributed by atoms with van der Waals surface area (Å²) in [4.78, 5) is 26.5. The molecular weight excluding hydrogens is 588 g/mol. The maximum Gasteiger partial charge on any atom is 0.339 e. The fourth-order valence-corrected chi connectivity index (χ4v) is 4.70. The van der Waals surface area contributed by atoms with Crippen LogP contribution in [0.5, 0.6) is 5.75 Å². The average molecular weight is 617 g/mol. The maximum atomic E-state index is 12.3. The monoisotopic (exact) mass is 616 g/mol. The van der Waals surface area contributed by atoms with Crippen LogP contribution in [0.1, 0.15) is 17.3 Å². The molecule has 2 aromatic rings. The summed E-state index contributed by atoms with van der Waals surface area (Å²) in [6.07, 6.45) is -12.7. The molecule has 0 saturated carbocycles. The van der Waals surface area contributed by atoms with Crippen LogP contribution in [0.25, 0.3) is 0 Å². The van der Waals surface area contributed by atoms with Crippen LogP contribution < -0.4 is 4.74 Å². The summed E-state index contributed by atoms with van der Waals surface area (Å²) in [5.74, 6) is -3.02. The molecule has 42 heavy (non-hydrogen) atoms. The van der Waals surface area contributed by atoms with Crippen LogP contribution in [-0.2, 0) is 18.9 Å². The fraction of sp³-hybridized carbons (Fsp3) is 0.520. The summed E-state index contributed by atoms with van der Waals surface area (Å²) in [5.41, 5.74) is -0.384. The number of nitro benzene ring substituents is 1. The predicted octanol–water partition coefficient (Wildman–Crippen LogP) is -1.10. The lowest BCUT2D eigenvalue weighted by Gasteiger charge is -2.49. The molecule has 2 fully saturated rings. The second-order valence-electron chi connectivity index (χ2n) is 9.72. The lowest BCUT2D eigenvalue weighted by molar-refractivity contribution is -0.385. The largest absolute Gasteiger partial charge is 0.459 e. The van der Waals surface area contributed by atoms with E-state index in [2.05, 4.69) is 4.98 Å². The van der Waals surface area contributed by atoms with Gasteiger partial charge >= 0.3 is 5.97 Å². The van der Waals surface area contributed by atoms with E-state index in [1.54, 1.807) is 0 Å². The second kappa shape index (κ2) is 13.1. The first kappa shape index (κ1) is 31.9. The minimum absolute atomic E-state index is 0.108. The van der Waals surface area contributed by atoms with Crippen molar-refractivity contribution in [3.63, 3.8) is 0 Å². The van der Waals surface area contributed by atoms with Crippen molar-refractivity contribution in [2.45, 2.75) is 67.8 Å².